The molecular formula is C24H27ClN4O3S. The number of primary amides is 1. The molecule has 1 fully saturated rings. The molecule has 1 heterocycles. The number of halogens is 1. The van der Waals surface area contributed by atoms with Crippen molar-refractivity contribution in [2.24, 2.45) is 11.7 Å². The second-order valence-corrected chi connectivity index (χ2v) is 10.7. The summed E-state index contributed by atoms with van der Waals surface area (Å²) in [6.45, 7) is 0.138. The Hall–Kier alpha value is -2.68. The highest BCUT2D eigenvalue weighted by molar-refractivity contribution is 7.89. The van der Waals surface area contributed by atoms with E-state index in [1.165, 1.54) is 16.4 Å². The van der Waals surface area contributed by atoms with Crippen molar-refractivity contribution >= 4 is 27.5 Å². The number of rotatable bonds is 7. The third kappa shape index (κ3) is 5.29. The molecule has 2 atom stereocenters. The van der Waals surface area contributed by atoms with Gasteiger partial charge in [0.25, 0.3) is 0 Å². The number of carbonyl (C=O) groups excluding carboxylic acids is 1. The number of benzene rings is 2. The van der Waals surface area contributed by atoms with E-state index in [0.717, 1.165) is 30.5 Å². The lowest BCUT2D eigenvalue weighted by Crippen LogP contribution is -2.47. The summed E-state index contributed by atoms with van der Waals surface area (Å²) in [7, 11) is -3.90. The summed E-state index contributed by atoms with van der Waals surface area (Å²) in [6, 6.07) is 15.0. The average molecular weight is 487 g/mol. The van der Waals surface area contributed by atoms with Crippen molar-refractivity contribution in [2.75, 3.05) is 0 Å². The van der Waals surface area contributed by atoms with Crippen LogP contribution in [0.15, 0.2) is 71.9 Å². The molecule has 2 unspecified atom stereocenters. The zero-order valence-electron chi connectivity index (χ0n) is 18.2. The molecule has 1 aromatic heterocycles. The van der Waals surface area contributed by atoms with Gasteiger partial charge in [-0.25, -0.2) is 13.1 Å². The fraction of sp³-hybridized carbons (Fsp3) is 0.333. The average Bonchev–Trinajstić information content (AvgIpc) is 3.23. The van der Waals surface area contributed by atoms with Crippen LogP contribution in [0.5, 0.6) is 0 Å². The molecule has 4 rings (SSSR count). The molecule has 1 saturated carbocycles. The Morgan fingerprint density at radius 3 is 2.39 bits per heavy atom. The zero-order chi connectivity index (χ0) is 23.4. The van der Waals surface area contributed by atoms with Crippen LogP contribution in [0.1, 0.15) is 37.7 Å². The summed E-state index contributed by atoms with van der Waals surface area (Å²) in [4.78, 5) is 12.5. The van der Waals surface area contributed by atoms with Gasteiger partial charge >= 0.3 is 0 Å². The molecule has 0 radical (unpaired) electrons. The largest absolute Gasteiger partial charge is 0.369 e. The van der Waals surface area contributed by atoms with E-state index in [-0.39, 0.29) is 11.4 Å². The minimum atomic E-state index is -3.90. The summed E-state index contributed by atoms with van der Waals surface area (Å²) in [5.41, 5.74) is 7.44. The topological polar surface area (TPSA) is 98.3 Å². The summed E-state index contributed by atoms with van der Waals surface area (Å²) in [5, 5.41) is 4.68. The van der Waals surface area contributed by atoms with Gasteiger partial charge in [-0.1, -0.05) is 43.0 Å². The van der Waals surface area contributed by atoms with Crippen molar-refractivity contribution in [3.63, 3.8) is 0 Å². The first-order valence-corrected chi connectivity index (χ1v) is 12.8. The van der Waals surface area contributed by atoms with Crippen molar-refractivity contribution in [3.05, 3.63) is 77.6 Å². The number of hydrogen-bond acceptors (Lipinski definition) is 4. The molecule has 0 saturated heterocycles. The molecule has 2 aromatic carbocycles. The summed E-state index contributed by atoms with van der Waals surface area (Å²) in [6.07, 6.45) is 7.38. The van der Waals surface area contributed by atoms with E-state index in [1.807, 2.05) is 36.5 Å². The summed E-state index contributed by atoms with van der Waals surface area (Å²) < 4.78 is 30.8. The molecule has 1 aliphatic rings. The molecule has 0 spiro atoms. The maximum atomic E-state index is 13.8. The Bertz CT molecular complexity index is 1180. The molecule has 1 aliphatic carbocycles. The Balaban J connectivity index is 1.72. The van der Waals surface area contributed by atoms with Gasteiger partial charge in [-0.05, 0) is 60.9 Å². The molecule has 7 nitrogen and oxygen atoms in total. The van der Waals surface area contributed by atoms with Gasteiger partial charge in [0, 0.05) is 30.0 Å². The third-order valence-electron chi connectivity index (χ3n) is 6.18. The van der Waals surface area contributed by atoms with Crippen LogP contribution in [0.3, 0.4) is 0 Å². The van der Waals surface area contributed by atoms with Crippen molar-refractivity contribution in [1.82, 2.24) is 14.1 Å². The second kappa shape index (κ2) is 10.1. The molecule has 9 heteroatoms. The Morgan fingerprint density at radius 1 is 1.06 bits per heavy atom. The smallest absolute Gasteiger partial charge is 0.243 e. The van der Waals surface area contributed by atoms with Crippen LogP contribution < -0.4 is 5.73 Å². The Morgan fingerprint density at radius 2 is 1.76 bits per heavy atom. The fourth-order valence-electron chi connectivity index (χ4n) is 4.44. The lowest BCUT2D eigenvalue weighted by Gasteiger charge is -2.34. The monoisotopic (exact) mass is 486 g/mol. The zero-order valence-corrected chi connectivity index (χ0v) is 19.8. The Kier molecular flexibility index (Phi) is 7.17. The highest BCUT2D eigenvalue weighted by atomic mass is 35.5. The van der Waals surface area contributed by atoms with Gasteiger partial charge in [0.05, 0.1) is 16.5 Å². The van der Waals surface area contributed by atoms with Gasteiger partial charge < -0.3 is 5.73 Å². The van der Waals surface area contributed by atoms with Gasteiger partial charge in [-0.3, -0.25) is 4.79 Å². The van der Waals surface area contributed by atoms with Crippen molar-refractivity contribution in [2.45, 2.75) is 49.6 Å². The van der Waals surface area contributed by atoms with Crippen LogP contribution in [0, 0.1) is 5.92 Å². The van der Waals surface area contributed by atoms with Crippen LogP contribution in [-0.4, -0.2) is 34.5 Å². The van der Waals surface area contributed by atoms with Gasteiger partial charge in [-0.2, -0.15) is 9.40 Å². The minimum Gasteiger partial charge on any atom is -0.369 e. The first-order valence-electron chi connectivity index (χ1n) is 11.0. The predicted molar refractivity (Wildman–Crippen MR) is 127 cm³/mol. The molecule has 3 aromatic rings. The number of amides is 1. The van der Waals surface area contributed by atoms with Crippen molar-refractivity contribution < 1.29 is 13.2 Å². The van der Waals surface area contributed by atoms with E-state index in [1.54, 1.807) is 23.0 Å². The van der Waals surface area contributed by atoms with Crippen molar-refractivity contribution in [3.8, 4) is 5.69 Å². The molecule has 1 amide bonds. The van der Waals surface area contributed by atoms with Crippen LogP contribution in [0.2, 0.25) is 5.02 Å². The normalized spacial score (nSPS) is 19.3. The molecule has 0 aliphatic heterocycles. The number of nitrogens with zero attached hydrogens (tertiary/aromatic N) is 3. The Labute approximate surface area is 199 Å². The SMILES string of the molecule is NC(=O)C1CCCCCC1N(Cc1ccc(-n2cccn2)cc1)S(=O)(=O)c1ccc(Cl)cc1. The van der Waals surface area contributed by atoms with Crippen LogP contribution in [0.4, 0.5) is 0 Å². The van der Waals surface area contributed by atoms with E-state index in [0.29, 0.717) is 17.9 Å². The molecule has 0 bridgehead atoms. The van der Waals surface area contributed by atoms with Crippen LogP contribution in [-0.2, 0) is 21.4 Å². The number of aromatic nitrogens is 2. The first-order chi connectivity index (χ1) is 15.9. The molecule has 33 heavy (non-hydrogen) atoms. The number of sulfonamides is 1. The van der Waals surface area contributed by atoms with Gasteiger partial charge in [-0.15, -0.1) is 0 Å². The van der Waals surface area contributed by atoms with E-state index in [2.05, 4.69) is 5.10 Å². The van der Waals surface area contributed by atoms with Gasteiger partial charge in [0.15, 0.2) is 0 Å². The van der Waals surface area contributed by atoms with Crippen LogP contribution >= 0.6 is 11.6 Å². The van der Waals surface area contributed by atoms with E-state index >= 15 is 0 Å². The number of hydrogen-bond donors (Lipinski definition) is 1. The maximum Gasteiger partial charge on any atom is 0.243 e. The number of carbonyl (C=O) groups is 1. The third-order valence-corrected chi connectivity index (χ3v) is 8.32. The molecular weight excluding hydrogens is 460 g/mol. The predicted octanol–water partition coefficient (Wildman–Crippen LogP) is 4.15. The van der Waals surface area contributed by atoms with E-state index in [4.69, 9.17) is 17.3 Å². The maximum absolute atomic E-state index is 13.8. The van der Waals surface area contributed by atoms with Gasteiger partial charge in [0.1, 0.15) is 0 Å². The molecule has 2 N–H and O–H groups in total. The summed E-state index contributed by atoms with van der Waals surface area (Å²) in [5.74, 6) is -0.981. The lowest BCUT2D eigenvalue weighted by atomic mass is 9.94. The van der Waals surface area contributed by atoms with E-state index in [9.17, 15) is 13.2 Å². The molecule has 174 valence electrons. The standard InChI is InChI=1S/C24H27ClN4O3S/c25-19-9-13-21(14-10-19)33(31,32)29(23-6-3-1-2-5-22(23)24(26)30)17-18-7-11-20(12-8-18)28-16-4-15-27-28/h4,7-16,22-23H,1-3,5-6,17H2,(H2,26,30). The fourth-order valence-corrected chi connectivity index (χ4v) is 6.25. The quantitative estimate of drug-likeness (QED) is 0.507. The minimum absolute atomic E-state index is 0.138. The lowest BCUT2D eigenvalue weighted by molar-refractivity contribution is -0.123. The van der Waals surface area contributed by atoms with Crippen LogP contribution in [0.25, 0.3) is 5.69 Å². The van der Waals surface area contributed by atoms with Crippen molar-refractivity contribution in [1.29, 1.82) is 0 Å². The summed E-state index contributed by atoms with van der Waals surface area (Å²) >= 11 is 5.99. The van der Waals surface area contributed by atoms with E-state index < -0.39 is 27.9 Å². The highest BCUT2D eigenvalue weighted by Crippen LogP contribution is 2.33. The number of nitrogens with two attached hydrogens (primary N) is 1. The van der Waals surface area contributed by atoms with Gasteiger partial charge in [0.2, 0.25) is 15.9 Å². The second-order valence-electron chi connectivity index (χ2n) is 8.34. The highest BCUT2D eigenvalue weighted by Gasteiger charge is 2.39. The first kappa shape index (κ1) is 23.5.